The van der Waals surface area contributed by atoms with Gasteiger partial charge < -0.3 is 16.0 Å². The molecule has 1 saturated heterocycles. The lowest BCUT2D eigenvalue weighted by Crippen LogP contribution is -2.58. The monoisotopic (exact) mass is 552 g/mol. The smallest absolute Gasteiger partial charge is 0.243 e. The molecule has 8 nitrogen and oxygen atoms in total. The van der Waals surface area contributed by atoms with E-state index in [9.17, 15) is 18.0 Å². The summed E-state index contributed by atoms with van der Waals surface area (Å²) in [4.78, 5) is 26.1. The minimum absolute atomic E-state index is 0.00317. The molecule has 2 aromatic rings. The number of amides is 2. The molecule has 2 amide bonds. The van der Waals surface area contributed by atoms with Crippen LogP contribution in [0.2, 0.25) is 0 Å². The summed E-state index contributed by atoms with van der Waals surface area (Å²) in [6.07, 6.45) is 2.39. The quantitative estimate of drug-likeness (QED) is 0.465. The highest BCUT2D eigenvalue weighted by atomic mass is 32.2. The van der Waals surface area contributed by atoms with Crippen molar-refractivity contribution in [2.75, 3.05) is 19.6 Å². The summed E-state index contributed by atoms with van der Waals surface area (Å²) >= 11 is 0. The van der Waals surface area contributed by atoms with Crippen LogP contribution in [0.5, 0.6) is 0 Å². The fourth-order valence-corrected chi connectivity index (χ4v) is 6.70. The van der Waals surface area contributed by atoms with Crippen LogP contribution in [0.3, 0.4) is 0 Å². The lowest BCUT2D eigenvalue weighted by Gasteiger charge is -2.34. The summed E-state index contributed by atoms with van der Waals surface area (Å²) in [6.45, 7) is 13.5. The molecule has 1 fully saturated rings. The number of carbonyl (C=O) groups excluding carboxylic acids is 2. The number of hydrogen-bond donors (Lipinski definition) is 3. The van der Waals surface area contributed by atoms with Crippen molar-refractivity contribution in [3.8, 4) is 0 Å². The van der Waals surface area contributed by atoms with Crippen LogP contribution in [0.1, 0.15) is 68.3 Å². The van der Waals surface area contributed by atoms with Crippen LogP contribution in [-0.4, -0.2) is 55.8 Å². The van der Waals surface area contributed by atoms with Gasteiger partial charge in [0.25, 0.3) is 0 Å². The van der Waals surface area contributed by atoms with E-state index >= 15 is 0 Å². The Morgan fingerprint density at radius 1 is 1.15 bits per heavy atom. The summed E-state index contributed by atoms with van der Waals surface area (Å²) in [6, 6.07) is 11.5. The Morgan fingerprint density at radius 3 is 2.56 bits per heavy atom. The Hall–Kier alpha value is -3.01. The molecule has 3 N–H and O–H groups in total. The topological polar surface area (TPSA) is 108 Å². The zero-order valence-corrected chi connectivity index (χ0v) is 24.2. The SMILES string of the molecule is C=C(CNC(C)(C)C)c1ccc2c(c1)CCC[C@H]2NC(=O)CC1C(=O)NCCN1S(=O)(=O)c1ccc(C)cc1. The van der Waals surface area contributed by atoms with Gasteiger partial charge in [-0.3, -0.25) is 9.59 Å². The maximum absolute atomic E-state index is 13.4. The number of fused-ring (bicyclic) bond motifs is 1. The number of nitrogens with one attached hydrogen (secondary N) is 3. The van der Waals surface area contributed by atoms with Gasteiger partial charge in [-0.05, 0) is 81.4 Å². The van der Waals surface area contributed by atoms with E-state index in [0.717, 1.165) is 45.8 Å². The summed E-state index contributed by atoms with van der Waals surface area (Å²) in [7, 11) is -3.94. The lowest BCUT2D eigenvalue weighted by molar-refractivity contribution is -0.132. The first kappa shape index (κ1) is 29.0. The molecular formula is C30H40N4O4S. The van der Waals surface area contributed by atoms with Crippen LogP contribution in [0, 0.1) is 6.92 Å². The molecule has 0 spiro atoms. The molecule has 0 radical (unpaired) electrons. The third-order valence-corrected chi connectivity index (χ3v) is 9.24. The van der Waals surface area contributed by atoms with E-state index in [4.69, 9.17) is 0 Å². The molecule has 0 aromatic heterocycles. The number of hydrogen-bond acceptors (Lipinski definition) is 5. The fraction of sp³-hybridized carbons (Fsp3) is 0.467. The molecule has 0 saturated carbocycles. The number of nitrogens with zero attached hydrogens (tertiary/aromatic N) is 1. The normalized spacial score (nSPS) is 20.2. The maximum Gasteiger partial charge on any atom is 0.243 e. The first-order chi connectivity index (χ1) is 18.3. The Morgan fingerprint density at radius 2 is 1.87 bits per heavy atom. The second kappa shape index (κ2) is 11.6. The van der Waals surface area contributed by atoms with Crippen LogP contribution in [0.4, 0.5) is 0 Å². The number of piperazine rings is 1. The lowest BCUT2D eigenvalue weighted by atomic mass is 9.85. The number of carbonyl (C=O) groups is 2. The van der Waals surface area contributed by atoms with Gasteiger partial charge in [0.15, 0.2) is 0 Å². The first-order valence-electron chi connectivity index (χ1n) is 13.6. The number of rotatable bonds is 8. The summed E-state index contributed by atoms with van der Waals surface area (Å²) in [5.74, 6) is -0.801. The number of benzene rings is 2. The van der Waals surface area contributed by atoms with Gasteiger partial charge in [0.1, 0.15) is 6.04 Å². The third kappa shape index (κ3) is 6.96. The Kier molecular flexibility index (Phi) is 8.63. The molecule has 2 atom stereocenters. The Balaban J connectivity index is 1.47. The fourth-order valence-electron chi connectivity index (χ4n) is 5.11. The van der Waals surface area contributed by atoms with Crippen molar-refractivity contribution in [3.63, 3.8) is 0 Å². The second-order valence-corrected chi connectivity index (χ2v) is 13.5. The maximum atomic E-state index is 13.4. The van der Waals surface area contributed by atoms with Gasteiger partial charge in [-0.25, -0.2) is 8.42 Å². The Labute approximate surface area is 232 Å². The van der Waals surface area contributed by atoms with Gasteiger partial charge in [0, 0.05) is 25.2 Å². The molecule has 1 aliphatic carbocycles. The van der Waals surface area contributed by atoms with E-state index in [1.807, 2.05) is 13.0 Å². The molecule has 9 heteroatoms. The standard InChI is InChI=1S/C30H40N4O4S/c1-20-9-12-24(13-10-20)39(37,38)34-16-15-31-29(36)27(34)18-28(35)33-26-8-6-7-23-17-22(11-14-25(23)26)21(2)19-32-30(3,4)5/h9-14,17,26-27,32H,2,6-8,15-16,18-19H2,1,3-5H3,(H,31,36)(H,33,35)/t26-,27?/m1/s1. The zero-order chi connectivity index (χ0) is 28.4. The molecule has 2 aromatic carbocycles. The molecule has 210 valence electrons. The van der Waals surface area contributed by atoms with Gasteiger partial charge in [-0.1, -0.05) is 42.5 Å². The third-order valence-electron chi connectivity index (χ3n) is 7.32. The van der Waals surface area contributed by atoms with Gasteiger partial charge in [0.2, 0.25) is 21.8 Å². The zero-order valence-electron chi connectivity index (χ0n) is 23.3. The number of aryl methyl sites for hydroxylation is 2. The molecule has 1 heterocycles. The molecule has 39 heavy (non-hydrogen) atoms. The highest BCUT2D eigenvalue weighted by Gasteiger charge is 2.40. The van der Waals surface area contributed by atoms with E-state index < -0.39 is 22.0 Å². The van der Waals surface area contributed by atoms with Crippen molar-refractivity contribution in [2.45, 2.75) is 75.9 Å². The van der Waals surface area contributed by atoms with Crippen molar-refractivity contribution in [1.29, 1.82) is 0 Å². The minimum atomic E-state index is -3.94. The van der Waals surface area contributed by atoms with Crippen molar-refractivity contribution >= 4 is 27.4 Å². The van der Waals surface area contributed by atoms with E-state index in [2.05, 4.69) is 55.4 Å². The molecule has 0 bridgehead atoms. The van der Waals surface area contributed by atoms with Crippen LogP contribution >= 0.6 is 0 Å². The average Bonchev–Trinajstić information content (AvgIpc) is 2.88. The van der Waals surface area contributed by atoms with Crippen LogP contribution in [-0.2, 0) is 26.0 Å². The predicted octanol–water partition coefficient (Wildman–Crippen LogP) is 3.47. The van der Waals surface area contributed by atoms with Crippen molar-refractivity contribution in [3.05, 3.63) is 71.3 Å². The molecular weight excluding hydrogens is 512 g/mol. The van der Waals surface area contributed by atoms with Gasteiger partial charge in [-0.2, -0.15) is 4.31 Å². The highest BCUT2D eigenvalue weighted by molar-refractivity contribution is 7.89. The van der Waals surface area contributed by atoms with E-state index in [1.165, 1.54) is 17.7 Å². The Bertz CT molecular complexity index is 1350. The van der Waals surface area contributed by atoms with E-state index in [-0.39, 0.29) is 41.9 Å². The predicted molar refractivity (Wildman–Crippen MR) is 154 cm³/mol. The molecule has 2 aliphatic rings. The van der Waals surface area contributed by atoms with Gasteiger partial charge >= 0.3 is 0 Å². The van der Waals surface area contributed by atoms with Crippen molar-refractivity contribution < 1.29 is 18.0 Å². The van der Waals surface area contributed by atoms with E-state index in [0.29, 0.717) is 6.54 Å². The van der Waals surface area contributed by atoms with E-state index in [1.54, 1.807) is 12.1 Å². The molecule has 1 unspecified atom stereocenters. The summed E-state index contributed by atoms with van der Waals surface area (Å²) < 4.78 is 27.9. The number of sulfonamides is 1. The van der Waals surface area contributed by atoms with Crippen LogP contribution < -0.4 is 16.0 Å². The van der Waals surface area contributed by atoms with Crippen molar-refractivity contribution in [2.24, 2.45) is 0 Å². The van der Waals surface area contributed by atoms with Gasteiger partial charge in [0.05, 0.1) is 17.4 Å². The highest BCUT2D eigenvalue weighted by Crippen LogP contribution is 2.32. The van der Waals surface area contributed by atoms with Crippen molar-refractivity contribution in [1.82, 2.24) is 20.3 Å². The second-order valence-electron chi connectivity index (χ2n) is 11.6. The summed E-state index contributed by atoms with van der Waals surface area (Å²) in [5.41, 5.74) is 5.26. The largest absolute Gasteiger partial charge is 0.353 e. The molecule has 1 aliphatic heterocycles. The average molecular weight is 553 g/mol. The minimum Gasteiger partial charge on any atom is -0.353 e. The molecule has 4 rings (SSSR count). The first-order valence-corrected chi connectivity index (χ1v) is 15.0. The van der Waals surface area contributed by atoms with Crippen LogP contribution in [0.25, 0.3) is 5.57 Å². The summed E-state index contributed by atoms with van der Waals surface area (Å²) in [5, 5.41) is 9.27. The van der Waals surface area contributed by atoms with Crippen LogP contribution in [0.15, 0.2) is 53.9 Å². The van der Waals surface area contributed by atoms with Gasteiger partial charge in [-0.15, -0.1) is 0 Å².